The van der Waals surface area contributed by atoms with Gasteiger partial charge in [0, 0.05) is 18.0 Å². The van der Waals surface area contributed by atoms with E-state index in [4.69, 9.17) is 14.2 Å². The normalized spacial score (nSPS) is 15.3. The van der Waals surface area contributed by atoms with Crippen LogP contribution < -0.4 is 24.8 Å². The molecule has 2 amide bonds. The summed E-state index contributed by atoms with van der Waals surface area (Å²) in [6.07, 6.45) is 0.0838. The molecular weight excluding hydrogens is 454 g/mol. The van der Waals surface area contributed by atoms with Gasteiger partial charge in [-0.1, -0.05) is 17.8 Å². The van der Waals surface area contributed by atoms with E-state index in [2.05, 4.69) is 16.7 Å². The van der Waals surface area contributed by atoms with E-state index in [9.17, 15) is 14.9 Å². The van der Waals surface area contributed by atoms with Crippen molar-refractivity contribution in [3.05, 3.63) is 57.6 Å². The van der Waals surface area contributed by atoms with Crippen LogP contribution in [0.3, 0.4) is 0 Å². The second kappa shape index (κ2) is 11.0. The SMILES string of the molecule is COc1cc([C@@H]2CC(=O)NC(SCC(=O)Nc3ccc(C)c(C)c3)=C2C#N)cc(OC)c1OC. The zero-order chi connectivity index (χ0) is 24.8. The van der Waals surface area contributed by atoms with Gasteiger partial charge in [0.15, 0.2) is 11.5 Å². The van der Waals surface area contributed by atoms with Gasteiger partial charge in [-0.25, -0.2) is 0 Å². The number of thioether (sulfide) groups is 1. The number of carbonyl (C=O) groups excluding carboxylic acids is 2. The van der Waals surface area contributed by atoms with E-state index in [-0.39, 0.29) is 24.0 Å². The van der Waals surface area contributed by atoms with Gasteiger partial charge in [-0.3, -0.25) is 9.59 Å². The first-order chi connectivity index (χ1) is 16.3. The Labute approximate surface area is 203 Å². The molecule has 1 atom stereocenters. The smallest absolute Gasteiger partial charge is 0.234 e. The number of aryl methyl sites for hydroxylation is 2. The van der Waals surface area contributed by atoms with Crippen LogP contribution in [-0.2, 0) is 9.59 Å². The number of ether oxygens (including phenoxy) is 3. The van der Waals surface area contributed by atoms with Crippen LogP contribution in [0.4, 0.5) is 5.69 Å². The molecule has 0 aromatic heterocycles. The molecule has 0 saturated carbocycles. The van der Waals surface area contributed by atoms with Crippen molar-refractivity contribution in [2.45, 2.75) is 26.2 Å². The zero-order valence-corrected chi connectivity index (χ0v) is 20.6. The molecule has 0 radical (unpaired) electrons. The number of anilines is 1. The molecule has 0 unspecified atom stereocenters. The number of rotatable bonds is 8. The maximum atomic E-state index is 12.5. The summed E-state index contributed by atoms with van der Waals surface area (Å²) in [6, 6.07) is 11.4. The largest absolute Gasteiger partial charge is 0.493 e. The molecule has 0 aliphatic carbocycles. The number of hydrogen-bond donors (Lipinski definition) is 2. The minimum absolute atomic E-state index is 0.0374. The molecule has 9 heteroatoms. The number of amides is 2. The second-order valence-corrected chi connectivity index (χ2v) is 8.74. The van der Waals surface area contributed by atoms with Gasteiger partial charge in [0.1, 0.15) is 0 Å². The van der Waals surface area contributed by atoms with Gasteiger partial charge < -0.3 is 24.8 Å². The van der Waals surface area contributed by atoms with E-state index < -0.39 is 5.92 Å². The maximum absolute atomic E-state index is 12.5. The third-order valence-electron chi connectivity index (χ3n) is 5.58. The van der Waals surface area contributed by atoms with Crippen molar-refractivity contribution in [3.8, 4) is 23.3 Å². The van der Waals surface area contributed by atoms with Crippen molar-refractivity contribution in [2.24, 2.45) is 0 Å². The van der Waals surface area contributed by atoms with E-state index in [1.54, 1.807) is 12.1 Å². The summed E-state index contributed by atoms with van der Waals surface area (Å²) < 4.78 is 16.2. The minimum atomic E-state index is -0.516. The Hall–Kier alpha value is -3.64. The Morgan fingerprint density at radius 3 is 2.35 bits per heavy atom. The first-order valence-electron chi connectivity index (χ1n) is 10.5. The Bertz CT molecular complexity index is 1160. The van der Waals surface area contributed by atoms with Gasteiger partial charge in [-0.2, -0.15) is 5.26 Å². The molecule has 0 spiro atoms. The lowest BCUT2D eigenvalue weighted by molar-refractivity contribution is -0.121. The van der Waals surface area contributed by atoms with Crippen LogP contribution >= 0.6 is 11.8 Å². The molecule has 8 nitrogen and oxygen atoms in total. The highest BCUT2D eigenvalue weighted by Crippen LogP contribution is 2.44. The second-order valence-electron chi connectivity index (χ2n) is 7.75. The van der Waals surface area contributed by atoms with Gasteiger partial charge in [-0.05, 0) is 54.8 Å². The van der Waals surface area contributed by atoms with Crippen LogP contribution in [0, 0.1) is 25.2 Å². The van der Waals surface area contributed by atoms with Crippen LogP contribution in [-0.4, -0.2) is 38.9 Å². The summed E-state index contributed by atoms with van der Waals surface area (Å²) >= 11 is 1.12. The number of hydrogen-bond acceptors (Lipinski definition) is 7. The molecule has 2 aromatic carbocycles. The number of nitrogens with one attached hydrogen (secondary N) is 2. The summed E-state index contributed by atoms with van der Waals surface area (Å²) in [4.78, 5) is 25.0. The summed E-state index contributed by atoms with van der Waals surface area (Å²) in [5, 5.41) is 15.9. The Morgan fingerprint density at radius 2 is 1.79 bits per heavy atom. The zero-order valence-electron chi connectivity index (χ0n) is 19.8. The number of methoxy groups -OCH3 is 3. The van der Waals surface area contributed by atoms with Gasteiger partial charge >= 0.3 is 0 Å². The van der Waals surface area contributed by atoms with Crippen LogP contribution in [0.5, 0.6) is 17.2 Å². The van der Waals surface area contributed by atoms with E-state index in [0.717, 1.165) is 22.9 Å². The molecule has 178 valence electrons. The molecule has 3 rings (SSSR count). The molecule has 2 aromatic rings. The molecule has 0 bridgehead atoms. The number of allylic oxidation sites excluding steroid dienone is 1. The molecular formula is C25H27N3O5S. The lowest BCUT2D eigenvalue weighted by atomic mass is 9.86. The summed E-state index contributed by atoms with van der Waals surface area (Å²) in [6.45, 7) is 3.98. The average Bonchev–Trinajstić information content (AvgIpc) is 2.83. The van der Waals surface area contributed by atoms with Crippen molar-refractivity contribution in [3.63, 3.8) is 0 Å². The molecule has 34 heavy (non-hydrogen) atoms. The topological polar surface area (TPSA) is 110 Å². The minimum Gasteiger partial charge on any atom is -0.493 e. The highest BCUT2D eigenvalue weighted by atomic mass is 32.2. The lowest BCUT2D eigenvalue weighted by Gasteiger charge is -2.26. The molecule has 1 aliphatic heterocycles. The van der Waals surface area contributed by atoms with Gasteiger partial charge in [0.05, 0.1) is 43.8 Å². The fourth-order valence-corrected chi connectivity index (χ4v) is 4.55. The number of nitrogens with zero attached hydrogens (tertiary/aromatic N) is 1. The van der Waals surface area contributed by atoms with E-state index in [1.165, 1.54) is 21.3 Å². The summed E-state index contributed by atoms with van der Waals surface area (Å²) in [5.41, 5.74) is 3.97. The van der Waals surface area contributed by atoms with Crippen LogP contribution in [0.15, 0.2) is 40.9 Å². The highest BCUT2D eigenvalue weighted by molar-refractivity contribution is 8.03. The Kier molecular flexibility index (Phi) is 8.08. The fourth-order valence-electron chi connectivity index (χ4n) is 3.67. The first-order valence-corrected chi connectivity index (χ1v) is 11.5. The third-order valence-corrected chi connectivity index (χ3v) is 6.60. The van der Waals surface area contributed by atoms with Gasteiger partial charge in [0.2, 0.25) is 17.6 Å². The average molecular weight is 482 g/mol. The molecule has 0 saturated heterocycles. The van der Waals surface area contributed by atoms with Crippen molar-refractivity contribution in [1.82, 2.24) is 5.32 Å². The maximum Gasteiger partial charge on any atom is 0.234 e. The predicted molar refractivity (Wildman–Crippen MR) is 131 cm³/mol. The van der Waals surface area contributed by atoms with E-state index in [0.29, 0.717) is 39.1 Å². The lowest BCUT2D eigenvalue weighted by Crippen LogP contribution is -2.31. The standard InChI is InChI=1S/C25H27N3O5S/c1-14-6-7-17(8-15(14)2)27-23(30)13-34-25-19(12-26)18(11-22(29)28-25)16-9-20(31-3)24(33-5)21(10-16)32-4/h6-10,18H,11,13H2,1-5H3,(H,27,30)(H,28,29)/t18-/m0/s1. The van der Waals surface area contributed by atoms with Gasteiger partial charge in [-0.15, -0.1) is 0 Å². The summed E-state index contributed by atoms with van der Waals surface area (Å²) in [5.74, 6) is 0.337. The summed E-state index contributed by atoms with van der Waals surface area (Å²) in [7, 11) is 4.52. The van der Waals surface area contributed by atoms with Crippen LogP contribution in [0.2, 0.25) is 0 Å². The Balaban J connectivity index is 1.85. The van der Waals surface area contributed by atoms with E-state index in [1.807, 2.05) is 32.0 Å². The fraction of sp³-hybridized carbons (Fsp3) is 0.320. The quantitative estimate of drug-likeness (QED) is 0.586. The predicted octanol–water partition coefficient (Wildman–Crippen LogP) is 4.04. The van der Waals surface area contributed by atoms with Crippen molar-refractivity contribution in [1.29, 1.82) is 5.26 Å². The third kappa shape index (κ3) is 5.46. The monoisotopic (exact) mass is 481 g/mol. The van der Waals surface area contributed by atoms with Crippen LogP contribution in [0.1, 0.15) is 29.0 Å². The van der Waals surface area contributed by atoms with E-state index >= 15 is 0 Å². The molecule has 1 aliphatic rings. The van der Waals surface area contributed by atoms with Gasteiger partial charge in [0.25, 0.3) is 0 Å². The first kappa shape index (κ1) is 25.0. The molecule has 1 heterocycles. The molecule has 2 N–H and O–H groups in total. The number of nitriles is 1. The van der Waals surface area contributed by atoms with Crippen LogP contribution in [0.25, 0.3) is 0 Å². The highest BCUT2D eigenvalue weighted by Gasteiger charge is 2.31. The Morgan fingerprint density at radius 1 is 1.12 bits per heavy atom. The van der Waals surface area contributed by atoms with Crippen molar-refractivity contribution < 1.29 is 23.8 Å². The number of carbonyl (C=O) groups is 2. The number of benzene rings is 2. The van der Waals surface area contributed by atoms with Crippen molar-refractivity contribution in [2.75, 3.05) is 32.4 Å². The molecule has 0 fully saturated rings. The van der Waals surface area contributed by atoms with Crippen molar-refractivity contribution >= 4 is 29.3 Å².